The molecule has 0 aromatic rings. The van der Waals surface area contributed by atoms with Gasteiger partial charge in [-0.15, -0.1) is 0 Å². The largest absolute Gasteiger partial charge is 0.379 e. The number of rotatable bonds is 8. The van der Waals surface area contributed by atoms with Gasteiger partial charge in [-0.25, -0.2) is 0 Å². The number of nitrogens with zero attached hydrogens (tertiary/aromatic N) is 1. The monoisotopic (exact) mass is 244 g/mol. The summed E-state index contributed by atoms with van der Waals surface area (Å²) in [6, 6.07) is 0.0541. The average molecular weight is 244 g/mol. The lowest BCUT2D eigenvalue weighted by Crippen LogP contribution is -2.42. The second kappa shape index (κ2) is 8.44. The van der Waals surface area contributed by atoms with E-state index in [4.69, 9.17) is 9.47 Å². The van der Waals surface area contributed by atoms with E-state index in [0.29, 0.717) is 33.0 Å². The number of nitrogens with one attached hydrogen (secondary N) is 1. The molecule has 1 rings (SSSR count). The summed E-state index contributed by atoms with van der Waals surface area (Å²) in [4.78, 5) is 13.9. The van der Waals surface area contributed by atoms with E-state index < -0.39 is 0 Å². The molecule has 1 amide bonds. The van der Waals surface area contributed by atoms with Crippen LogP contribution in [0.25, 0.3) is 0 Å². The van der Waals surface area contributed by atoms with Crippen LogP contribution in [0.1, 0.15) is 19.8 Å². The first-order valence-corrected chi connectivity index (χ1v) is 6.39. The van der Waals surface area contributed by atoms with Crippen LogP contribution < -0.4 is 5.32 Å². The summed E-state index contributed by atoms with van der Waals surface area (Å²) in [5.41, 5.74) is 0. The number of ether oxygens (including phenoxy) is 2. The molecule has 5 heteroatoms. The Kier molecular flexibility index (Phi) is 7.16. The minimum absolute atomic E-state index is 0.0541. The molecular weight excluding hydrogens is 220 g/mol. The van der Waals surface area contributed by atoms with E-state index in [9.17, 15) is 4.79 Å². The van der Waals surface area contributed by atoms with Crippen molar-refractivity contribution >= 4 is 5.91 Å². The first kappa shape index (κ1) is 14.4. The lowest BCUT2D eigenvalue weighted by molar-refractivity contribution is -0.125. The van der Waals surface area contributed by atoms with Crippen LogP contribution in [0.2, 0.25) is 0 Å². The van der Waals surface area contributed by atoms with Gasteiger partial charge in [-0.2, -0.15) is 0 Å². The summed E-state index contributed by atoms with van der Waals surface area (Å²) in [6.07, 6.45) is 2.08. The van der Waals surface area contributed by atoms with Crippen LogP contribution >= 0.6 is 0 Å². The van der Waals surface area contributed by atoms with E-state index in [1.54, 1.807) is 0 Å². The number of likely N-dealkylation sites (tertiary alicyclic amines) is 1. The SMILES string of the molecule is CCOCCOCCNC(=O)[C@@H]1CCCN1C. The number of hydrogen-bond donors (Lipinski definition) is 1. The molecule has 1 saturated heterocycles. The van der Waals surface area contributed by atoms with Gasteiger partial charge in [-0.1, -0.05) is 0 Å². The average Bonchev–Trinajstić information content (AvgIpc) is 2.74. The topological polar surface area (TPSA) is 50.8 Å². The van der Waals surface area contributed by atoms with Crippen molar-refractivity contribution in [3.05, 3.63) is 0 Å². The normalized spacial score (nSPS) is 20.7. The third-order valence-electron chi connectivity index (χ3n) is 2.94. The standard InChI is InChI=1S/C12H24N2O3/c1-3-16-9-10-17-8-6-13-12(15)11-5-4-7-14(11)2/h11H,3-10H2,1-2H3,(H,13,15)/t11-/m0/s1. The quantitative estimate of drug-likeness (QED) is 0.622. The zero-order chi connectivity index (χ0) is 12.5. The fourth-order valence-electron chi connectivity index (χ4n) is 1.97. The van der Waals surface area contributed by atoms with Crippen molar-refractivity contribution in [3.8, 4) is 0 Å². The van der Waals surface area contributed by atoms with Gasteiger partial charge >= 0.3 is 0 Å². The third kappa shape index (κ3) is 5.48. The molecule has 1 aliphatic rings. The van der Waals surface area contributed by atoms with Crippen LogP contribution in [-0.4, -0.2) is 63.4 Å². The predicted octanol–water partition coefficient (Wildman–Crippen LogP) is 0.250. The predicted molar refractivity (Wildman–Crippen MR) is 66.0 cm³/mol. The van der Waals surface area contributed by atoms with Crippen molar-refractivity contribution in [1.29, 1.82) is 0 Å². The number of carbonyl (C=O) groups excluding carboxylic acids is 1. The molecule has 0 aromatic heterocycles. The molecule has 0 saturated carbocycles. The molecule has 100 valence electrons. The number of likely N-dealkylation sites (N-methyl/N-ethyl adjacent to an activating group) is 1. The molecule has 1 aliphatic heterocycles. The van der Waals surface area contributed by atoms with Gasteiger partial charge in [-0.05, 0) is 33.4 Å². The van der Waals surface area contributed by atoms with E-state index in [1.165, 1.54) is 0 Å². The summed E-state index contributed by atoms with van der Waals surface area (Å²) in [6.45, 7) is 6.03. The summed E-state index contributed by atoms with van der Waals surface area (Å²) < 4.78 is 10.5. The molecule has 0 radical (unpaired) electrons. The van der Waals surface area contributed by atoms with Crippen LogP contribution in [0.5, 0.6) is 0 Å². The second-order valence-electron chi connectivity index (χ2n) is 4.24. The highest BCUT2D eigenvalue weighted by Crippen LogP contribution is 2.14. The first-order chi connectivity index (χ1) is 8.25. The highest BCUT2D eigenvalue weighted by atomic mass is 16.5. The van der Waals surface area contributed by atoms with Gasteiger partial charge in [0.1, 0.15) is 0 Å². The Morgan fingerprint density at radius 3 is 2.76 bits per heavy atom. The van der Waals surface area contributed by atoms with Gasteiger partial charge in [0, 0.05) is 13.2 Å². The van der Waals surface area contributed by atoms with E-state index in [2.05, 4.69) is 10.2 Å². The highest BCUT2D eigenvalue weighted by Gasteiger charge is 2.27. The number of hydrogen-bond acceptors (Lipinski definition) is 4. The van der Waals surface area contributed by atoms with E-state index in [0.717, 1.165) is 19.4 Å². The Labute approximate surface area is 103 Å². The van der Waals surface area contributed by atoms with Crippen molar-refractivity contribution in [2.24, 2.45) is 0 Å². The molecule has 0 unspecified atom stereocenters. The van der Waals surface area contributed by atoms with Crippen LogP contribution in [0.4, 0.5) is 0 Å². The van der Waals surface area contributed by atoms with Crippen molar-refractivity contribution in [2.45, 2.75) is 25.8 Å². The van der Waals surface area contributed by atoms with Gasteiger partial charge in [0.2, 0.25) is 5.91 Å². The van der Waals surface area contributed by atoms with Gasteiger partial charge in [0.25, 0.3) is 0 Å². The van der Waals surface area contributed by atoms with Crippen LogP contribution in [0, 0.1) is 0 Å². The molecular formula is C12H24N2O3. The van der Waals surface area contributed by atoms with E-state index >= 15 is 0 Å². The Morgan fingerprint density at radius 1 is 1.35 bits per heavy atom. The Balaban J connectivity index is 1.97. The smallest absolute Gasteiger partial charge is 0.237 e. The first-order valence-electron chi connectivity index (χ1n) is 6.39. The summed E-state index contributed by atoms with van der Waals surface area (Å²) in [5.74, 6) is 0.124. The van der Waals surface area contributed by atoms with Gasteiger partial charge in [-0.3, -0.25) is 9.69 Å². The molecule has 5 nitrogen and oxygen atoms in total. The molecule has 0 aromatic carbocycles. The maximum atomic E-state index is 11.8. The van der Waals surface area contributed by atoms with Crippen molar-refractivity contribution in [1.82, 2.24) is 10.2 Å². The fraction of sp³-hybridized carbons (Fsp3) is 0.917. The third-order valence-corrected chi connectivity index (χ3v) is 2.94. The van der Waals surface area contributed by atoms with Gasteiger partial charge in [0.05, 0.1) is 25.9 Å². The summed E-state index contributed by atoms with van der Waals surface area (Å²) in [5, 5.41) is 2.90. The van der Waals surface area contributed by atoms with E-state index in [1.807, 2.05) is 14.0 Å². The number of amides is 1. The summed E-state index contributed by atoms with van der Waals surface area (Å²) >= 11 is 0. The zero-order valence-electron chi connectivity index (χ0n) is 10.9. The zero-order valence-corrected chi connectivity index (χ0v) is 10.9. The molecule has 1 heterocycles. The molecule has 17 heavy (non-hydrogen) atoms. The highest BCUT2D eigenvalue weighted by molar-refractivity contribution is 5.81. The number of carbonyl (C=O) groups is 1. The molecule has 0 aliphatic carbocycles. The van der Waals surface area contributed by atoms with Crippen LogP contribution in [-0.2, 0) is 14.3 Å². The molecule has 1 N–H and O–H groups in total. The van der Waals surface area contributed by atoms with Crippen LogP contribution in [0.15, 0.2) is 0 Å². The van der Waals surface area contributed by atoms with Crippen LogP contribution in [0.3, 0.4) is 0 Å². The second-order valence-corrected chi connectivity index (χ2v) is 4.24. The van der Waals surface area contributed by atoms with E-state index in [-0.39, 0.29) is 11.9 Å². The van der Waals surface area contributed by atoms with Crippen molar-refractivity contribution in [2.75, 3.05) is 46.6 Å². The molecule has 1 fully saturated rings. The minimum atomic E-state index is 0.0541. The molecule has 0 spiro atoms. The maximum absolute atomic E-state index is 11.8. The Morgan fingerprint density at radius 2 is 2.12 bits per heavy atom. The summed E-state index contributed by atoms with van der Waals surface area (Å²) in [7, 11) is 2.00. The lowest BCUT2D eigenvalue weighted by Gasteiger charge is -2.18. The van der Waals surface area contributed by atoms with Crippen molar-refractivity contribution < 1.29 is 14.3 Å². The molecule has 1 atom stereocenters. The molecule has 0 bridgehead atoms. The van der Waals surface area contributed by atoms with Gasteiger partial charge in [0.15, 0.2) is 0 Å². The minimum Gasteiger partial charge on any atom is -0.379 e. The Hall–Kier alpha value is -0.650. The van der Waals surface area contributed by atoms with Gasteiger partial charge < -0.3 is 14.8 Å². The van der Waals surface area contributed by atoms with Crippen molar-refractivity contribution in [3.63, 3.8) is 0 Å². The Bertz CT molecular complexity index is 224. The maximum Gasteiger partial charge on any atom is 0.237 e. The lowest BCUT2D eigenvalue weighted by atomic mass is 10.2. The fourth-order valence-corrected chi connectivity index (χ4v) is 1.97.